The lowest BCUT2D eigenvalue weighted by atomic mass is 10.3. The van der Waals surface area contributed by atoms with Crippen molar-refractivity contribution in [1.82, 2.24) is 10.6 Å². The SMILES string of the molecule is CCNC(=O)NC(=O)COc1ccc(Cl)cc1Br. The summed E-state index contributed by atoms with van der Waals surface area (Å²) >= 11 is 9.02. The minimum atomic E-state index is -0.540. The van der Waals surface area contributed by atoms with Crippen LogP contribution in [-0.2, 0) is 4.79 Å². The first kappa shape index (κ1) is 14.8. The number of rotatable bonds is 4. The molecule has 1 rings (SSSR count). The Balaban J connectivity index is 2.45. The second-order valence-electron chi connectivity index (χ2n) is 3.27. The van der Waals surface area contributed by atoms with Gasteiger partial charge in [0.2, 0.25) is 0 Å². The van der Waals surface area contributed by atoms with Gasteiger partial charge in [0.1, 0.15) is 5.75 Å². The number of imide groups is 1. The monoisotopic (exact) mass is 334 g/mol. The molecular formula is C11H12BrClN2O3. The van der Waals surface area contributed by atoms with Crippen LogP contribution in [0.5, 0.6) is 5.75 Å². The Morgan fingerprint density at radius 2 is 2.17 bits per heavy atom. The molecule has 2 N–H and O–H groups in total. The van der Waals surface area contributed by atoms with Gasteiger partial charge in [-0.25, -0.2) is 4.79 Å². The van der Waals surface area contributed by atoms with Crippen molar-refractivity contribution in [1.29, 1.82) is 0 Å². The fraction of sp³-hybridized carbons (Fsp3) is 0.273. The van der Waals surface area contributed by atoms with E-state index in [0.717, 1.165) is 0 Å². The summed E-state index contributed by atoms with van der Waals surface area (Å²) in [5.74, 6) is -0.0479. The van der Waals surface area contributed by atoms with Crippen molar-refractivity contribution < 1.29 is 14.3 Å². The van der Waals surface area contributed by atoms with E-state index in [9.17, 15) is 9.59 Å². The molecule has 0 saturated carbocycles. The molecule has 0 bridgehead atoms. The molecule has 0 spiro atoms. The van der Waals surface area contributed by atoms with Gasteiger partial charge in [-0.15, -0.1) is 0 Å². The smallest absolute Gasteiger partial charge is 0.321 e. The molecule has 1 aromatic rings. The lowest BCUT2D eigenvalue weighted by Gasteiger charge is -2.08. The van der Waals surface area contributed by atoms with E-state index in [-0.39, 0.29) is 6.61 Å². The molecule has 0 aliphatic rings. The van der Waals surface area contributed by atoms with Crippen molar-refractivity contribution in [3.8, 4) is 5.75 Å². The maximum atomic E-state index is 11.3. The van der Waals surface area contributed by atoms with Crippen LogP contribution < -0.4 is 15.4 Å². The lowest BCUT2D eigenvalue weighted by molar-refractivity contribution is -0.122. The minimum absolute atomic E-state index is 0.253. The van der Waals surface area contributed by atoms with Gasteiger partial charge in [-0.1, -0.05) is 11.6 Å². The van der Waals surface area contributed by atoms with Crippen molar-refractivity contribution in [2.75, 3.05) is 13.2 Å². The zero-order chi connectivity index (χ0) is 13.5. The third-order valence-electron chi connectivity index (χ3n) is 1.84. The Bertz CT molecular complexity index is 454. The van der Waals surface area contributed by atoms with E-state index >= 15 is 0 Å². The Labute approximate surface area is 118 Å². The van der Waals surface area contributed by atoms with Gasteiger partial charge in [-0.05, 0) is 41.1 Å². The molecule has 3 amide bonds. The number of nitrogens with one attached hydrogen (secondary N) is 2. The molecule has 1 aromatic carbocycles. The van der Waals surface area contributed by atoms with E-state index in [1.807, 2.05) is 0 Å². The Hall–Kier alpha value is -1.27. The molecule has 7 heteroatoms. The van der Waals surface area contributed by atoms with E-state index in [1.165, 1.54) is 0 Å². The van der Waals surface area contributed by atoms with Crippen LogP contribution in [0, 0.1) is 0 Å². The number of hydrogen-bond acceptors (Lipinski definition) is 3. The van der Waals surface area contributed by atoms with Crippen LogP contribution in [0.3, 0.4) is 0 Å². The van der Waals surface area contributed by atoms with Crippen molar-refractivity contribution in [2.24, 2.45) is 0 Å². The maximum Gasteiger partial charge on any atom is 0.321 e. The molecule has 0 saturated heterocycles. The van der Waals surface area contributed by atoms with Crippen LogP contribution in [0.25, 0.3) is 0 Å². The summed E-state index contributed by atoms with van der Waals surface area (Å²) in [6, 6.07) is 4.38. The highest BCUT2D eigenvalue weighted by atomic mass is 79.9. The van der Waals surface area contributed by atoms with Crippen LogP contribution in [0.4, 0.5) is 4.79 Å². The number of ether oxygens (including phenoxy) is 1. The number of carbonyl (C=O) groups is 2. The van der Waals surface area contributed by atoms with Gasteiger partial charge in [0.15, 0.2) is 6.61 Å². The van der Waals surface area contributed by atoms with Gasteiger partial charge < -0.3 is 10.1 Å². The molecule has 0 atom stereocenters. The molecule has 0 heterocycles. The van der Waals surface area contributed by atoms with E-state index in [4.69, 9.17) is 16.3 Å². The normalized spacial score (nSPS) is 9.72. The zero-order valence-corrected chi connectivity index (χ0v) is 12.0. The summed E-state index contributed by atoms with van der Waals surface area (Å²) in [5, 5.41) is 5.12. The van der Waals surface area contributed by atoms with Gasteiger partial charge in [0.05, 0.1) is 4.47 Å². The van der Waals surface area contributed by atoms with Crippen molar-refractivity contribution in [3.63, 3.8) is 0 Å². The first-order chi connectivity index (χ1) is 8.52. The standard InChI is InChI=1S/C11H12BrClN2O3/c1-2-14-11(17)15-10(16)6-18-9-4-3-7(13)5-8(9)12/h3-5H,2,6H2,1H3,(H2,14,15,16,17). The van der Waals surface area contributed by atoms with Gasteiger partial charge in [-0.3, -0.25) is 10.1 Å². The molecule has 0 aromatic heterocycles. The molecule has 0 unspecified atom stereocenters. The van der Waals surface area contributed by atoms with Gasteiger partial charge in [-0.2, -0.15) is 0 Å². The molecule has 0 aliphatic heterocycles. The highest BCUT2D eigenvalue weighted by Crippen LogP contribution is 2.27. The summed E-state index contributed by atoms with van der Waals surface area (Å²) in [6.07, 6.45) is 0. The molecule has 0 fully saturated rings. The largest absolute Gasteiger partial charge is 0.483 e. The number of halogens is 2. The first-order valence-electron chi connectivity index (χ1n) is 5.18. The van der Waals surface area contributed by atoms with E-state index in [2.05, 4.69) is 26.6 Å². The molecule has 0 aliphatic carbocycles. The first-order valence-corrected chi connectivity index (χ1v) is 6.35. The number of benzene rings is 1. The fourth-order valence-electron chi connectivity index (χ4n) is 1.10. The Morgan fingerprint density at radius 3 is 2.78 bits per heavy atom. The van der Waals surface area contributed by atoms with E-state index < -0.39 is 11.9 Å². The van der Waals surface area contributed by atoms with Crippen LogP contribution in [-0.4, -0.2) is 25.1 Å². The molecule has 0 radical (unpaired) electrons. The Morgan fingerprint density at radius 1 is 1.44 bits per heavy atom. The third kappa shape index (κ3) is 4.93. The molecule has 18 heavy (non-hydrogen) atoms. The van der Waals surface area contributed by atoms with Crippen molar-refractivity contribution >= 4 is 39.5 Å². The second kappa shape index (κ2) is 7.23. The van der Waals surface area contributed by atoms with Crippen LogP contribution in [0.15, 0.2) is 22.7 Å². The number of urea groups is 1. The summed E-state index contributed by atoms with van der Waals surface area (Å²) in [4.78, 5) is 22.4. The molecule has 5 nitrogen and oxygen atoms in total. The van der Waals surface area contributed by atoms with E-state index in [1.54, 1.807) is 25.1 Å². The van der Waals surface area contributed by atoms with Gasteiger partial charge in [0.25, 0.3) is 5.91 Å². The van der Waals surface area contributed by atoms with Crippen LogP contribution in [0.2, 0.25) is 5.02 Å². The summed E-state index contributed by atoms with van der Waals surface area (Å²) < 4.78 is 5.87. The summed E-state index contributed by atoms with van der Waals surface area (Å²) in [7, 11) is 0. The van der Waals surface area contributed by atoms with Crippen molar-refractivity contribution in [2.45, 2.75) is 6.92 Å². The summed E-state index contributed by atoms with van der Waals surface area (Å²) in [5.41, 5.74) is 0. The molecular weight excluding hydrogens is 323 g/mol. The average molecular weight is 336 g/mol. The fourth-order valence-corrected chi connectivity index (χ4v) is 1.90. The summed E-state index contributed by atoms with van der Waals surface area (Å²) in [6.45, 7) is 1.95. The second-order valence-corrected chi connectivity index (χ2v) is 4.56. The number of hydrogen-bond donors (Lipinski definition) is 2. The zero-order valence-electron chi connectivity index (χ0n) is 9.63. The maximum absolute atomic E-state index is 11.3. The lowest BCUT2D eigenvalue weighted by Crippen LogP contribution is -2.41. The Kier molecular flexibility index (Phi) is 5.94. The topological polar surface area (TPSA) is 67.4 Å². The van der Waals surface area contributed by atoms with Crippen molar-refractivity contribution in [3.05, 3.63) is 27.7 Å². The van der Waals surface area contributed by atoms with Crippen LogP contribution >= 0.6 is 27.5 Å². The highest BCUT2D eigenvalue weighted by molar-refractivity contribution is 9.10. The van der Waals surface area contributed by atoms with E-state index in [0.29, 0.717) is 21.8 Å². The third-order valence-corrected chi connectivity index (χ3v) is 2.70. The van der Waals surface area contributed by atoms with Gasteiger partial charge in [0, 0.05) is 11.6 Å². The molecule has 98 valence electrons. The predicted molar refractivity (Wildman–Crippen MR) is 71.9 cm³/mol. The van der Waals surface area contributed by atoms with Crippen LogP contribution in [0.1, 0.15) is 6.92 Å². The highest BCUT2D eigenvalue weighted by Gasteiger charge is 2.08. The number of amides is 3. The predicted octanol–water partition coefficient (Wildman–Crippen LogP) is 2.33. The van der Waals surface area contributed by atoms with Gasteiger partial charge >= 0.3 is 6.03 Å². The number of carbonyl (C=O) groups excluding carboxylic acids is 2. The minimum Gasteiger partial charge on any atom is -0.483 e. The quantitative estimate of drug-likeness (QED) is 0.887. The average Bonchev–Trinajstić information content (AvgIpc) is 2.28.